The quantitative estimate of drug-likeness (QED) is 0.160. The Balaban J connectivity index is 1.22. The van der Waals surface area contributed by atoms with E-state index in [0.717, 1.165) is 81.3 Å². The van der Waals surface area contributed by atoms with Gasteiger partial charge >= 0.3 is 0 Å². The van der Waals surface area contributed by atoms with Gasteiger partial charge in [0.15, 0.2) is 0 Å². The highest BCUT2D eigenvalue weighted by Crippen LogP contribution is 2.46. The van der Waals surface area contributed by atoms with Gasteiger partial charge < -0.3 is 30.4 Å². The molecule has 5 rings (SSSR count). The van der Waals surface area contributed by atoms with E-state index in [4.69, 9.17) is 5.41 Å². The van der Waals surface area contributed by atoms with Gasteiger partial charge in [0.2, 0.25) is 0 Å². The number of likely N-dealkylation sites (tertiary alicyclic amines) is 1. The lowest BCUT2D eigenvalue weighted by Crippen LogP contribution is -2.53. The molecule has 3 aromatic rings. The van der Waals surface area contributed by atoms with Gasteiger partial charge in [0, 0.05) is 80.7 Å². The highest BCUT2D eigenvalue weighted by molar-refractivity contribution is 5.80. The molecule has 2 aliphatic rings. The molecule has 0 spiro atoms. The molecule has 7 nitrogen and oxygen atoms in total. The van der Waals surface area contributed by atoms with Gasteiger partial charge in [-0.25, -0.2) is 9.37 Å². The largest absolute Gasteiger partial charge is 0.392 e. The molecule has 0 bridgehead atoms. The lowest BCUT2D eigenvalue weighted by Gasteiger charge is -2.49. The first-order valence-corrected chi connectivity index (χ1v) is 16.8. The molecule has 0 radical (unpaired) electrons. The maximum absolute atomic E-state index is 14.8. The van der Waals surface area contributed by atoms with E-state index in [9.17, 15) is 4.39 Å². The van der Waals surface area contributed by atoms with E-state index < -0.39 is 0 Å². The van der Waals surface area contributed by atoms with Crippen LogP contribution in [0.15, 0.2) is 72.8 Å². The van der Waals surface area contributed by atoms with Crippen molar-refractivity contribution in [3.05, 3.63) is 90.0 Å². The maximum atomic E-state index is 14.8. The summed E-state index contributed by atoms with van der Waals surface area (Å²) in [6.07, 6.45) is 12.8. The first-order valence-electron chi connectivity index (χ1n) is 16.8. The first kappa shape index (κ1) is 32.7. The topological polar surface area (TPSA) is 72.2 Å². The molecule has 2 fully saturated rings. The molecular weight excluding hydrogens is 561 g/mol. The number of nitrogens with one attached hydrogen (secondary N) is 3. The highest BCUT2D eigenvalue weighted by atomic mass is 19.1. The van der Waals surface area contributed by atoms with Crippen molar-refractivity contribution in [3.63, 3.8) is 0 Å². The third-order valence-corrected chi connectivity index (χ3v) is 10.1. The Kier molecular flexibility index (Phi) is 11.0. The van der Waals surface area contributed by atoms with E-state index in [0.29, 0.717) is 17.8 Å². The smallest absolute Gasteiger partial charge is 0.123 e. The zero-order valence-electron chi connectivity index (χ0n) is 27.6. The predicted molar refractivity (Wildman–Crippen MR) is 185 cm³/mol. The molecule has 242 valence electrons. The van der Waals surface area contributed by atoms with Crippen LogP contribution in [0.3, 0.4) is 0 Å². The van der Waals surface area contributed by atoms with E-state index >= 15 is 0 Å². The van der Waals surface area contributed by atoms with Crippen molar-refractivity contribution in [2.24, 2.45) is 17.8 Å². The fraction of sp³-hybridized carbons (Fsp3) is 0.514. The summed E-state index contributed by atoms with van der Waals surface area (Å²) in [5.74, 6) is 2.61. The van der Waals surface area contributed by atoms with Gasteiger partial charge in [0.1, 0.15) is 11.6 Å². The summed E-state index contributed by atoms with van der Waals surface area (Å²) in [6, 6.07) is 16.0. The van der Waals surface area contributed by atoms with Gasteiger partial charge in [-0.3, -0.25) is 0 Å². The first-order chi connectivity index (χ1) is 21.8. The van der Waals surface area contributed by atoms with E-state index in [1.54, 1.807) is 12.3 Å². The SMILES string of the molecule is CCCC(C)CC(Cn1ccnc1C)(c1cccc(F)c1)C1CCN(CC2CN(c3ccc(N/C(C=N)=C/NC)cc3)C2)CC1. The third kappa shape index (κ3) is 7.96. The summed E-state index contributed by atoms with van der Waals surface area (Å²) in [6.45, 7) is 13.1. The lowest BCUT2D eigenvalue weighted by molar-refractivity contribution is 0.0837. The summed E-state index contributed by atoms with van der Waals surface area (Å²) in [4.78, 5) is 9.68. The molecule has 45 heavy (non-hydrogen) atoms. The molecule has 2 aliphatic heterocycles. The predicted octanol–water partition coefficient (Wildman–Crippen LogP) is 7.07. The van der Waals surface area contributed by atoms with Crippen LogP contribution in [0.4, 0.5) is 15.8 Å². The maximum Gasteiger partial charge on any atom is 0.123 e. The van der Waals surface area contributed by atoms with Gasteiger partial charge in [-0.05, 0) is 93.1 Å². The average molecular weight is 614 g/mol. The van der Waals surface area contributed by atoms with Gasteiger partial charge in [0.25, 0.3) is 0 Å². The molecule has 0 saturated carbocycles. The van der Waals surface area contributed by atoms with Crippen LogP contribution in [0.25, 0.3) is 0 Å². The Morgan fingerprint density at radius 2 is 1.91 bits per heavy atom. The number of hydrogen-bond donors (Lipinski definition) is 3. The van der Waals surface area contributed by atoms with Crippen LogP contribution in [0, 0.1) is 35.9 Å². The Bertz CT molecular complexity index is 1400. The Labute approximate surface area is 269 Å². The van der Waals surface area contributed by atoms with Gasteiger partial charge in [-0.15, -0.1) is 0 Å². The zero-order valence-corrected chi connectivity index (χ0v) is 27.6. The minimum Gasteiger partial charge on any atom is -0.392 e. The second-order valence-corrected chi connectivity index (χ2v) is 13.4. The second kappa shape index (κ2) is 15.1. The fourth-order valence-corrected chi connectivity index (χ4v) is 7.82. The number of imidazole rings is 1. The molecule has 1 aromatic heterocycles. The van der Waals surface area contributed by atoms with Crippen LogP contribution in [-0.2, 0) is 12.0 Å². The summed E-state index contributed by atoms with van der Waals surface area (Å²) < 4.78 is 17.1. The highest BCUT2D eigenvalue weighted by Gasteiger charge is 2.43. The number of nitrogens with zero attached hydrogens (tertiary/aromatic N) is 4. The summed E-state index contributed by atoms with van der Waals surface area (Å²) in [7, 11) is 1.83. The number of halogens is 1. The summed E-state index contributed by atoms with van der Waals surface area (Å²) >= 11 is 0. The Hall–Kier alpha value is -3.65. The number of hydrogen-bond acceptors (Lipinski definition) is 6. The van der Waals surface area contributed by atoms with Crippen LogP contribution in [-0.4, -0.2) is 60.4 Å². The van der Waals surface area contributed by atoms with E-state index in [2.05, 4.69) is 87.3 Å². The van der Waals surface area contributed by atoms with Crippen LogP contribution < -0.4 is 15.5 Å². The van der Waals surface area contributed by atoms with Gasteiger partial charge in [0.05, 0.1) is 5.70 Å². The van der Waals surface area contributed by atoms with Crippen molar-refractivity contribution in [1.82, 2.24) is 19.8 Å². The van der Waals surface area contributed by atoms with Crippen LogP contribution in [0.2, 0.25) is 0 Å². The summed E-state index contributed by atoms with van der Waals surface area (Å²) in [5, 5.41) is 13.8. The minimum atomic E-state index is -0.137. The van der Waals surface area contributed by atoms with Crippen molar-refractivity contribution < 1.29 is 4.39 Å². The number of rotatable bonds is 15. The standard InChI is InChI=1S/C37H52FN7/c1-5-7-28(2)21-37(27-44-19-16-41-29(44)3,32-8-6-9-33(38)20-32)31-14-17-43(18-15-31)24-30-25-45(26-30)36-12-10-34(11-13-36)42-35(22-39)23-40-4/h6,8-13,16,19-20,22-23,28,30-31,39-40,42H,5,7,14-15,17-18,21,24-27H2,1-4H3/b35-23+,39-22?. The normalized spacial score (nSPS) is 18.7. The number of allylic oxidation sites excluding steroid dienone is 1. The number of benzene rings is 2. The monoisotopic (exact) mass is 613 g/mol. The molecule has 2 atom stereocenters. The van der Waals surface area contributed by atoms with Crippen molar-refractivity contribution in [1.29, 1.82) is 5.41 Å². The number of aromatic nitrogens is 2. The molecule has 3 heterocycles. The van der Waals surface area contributed by atoms with Gasteiger partial charge in [-0.1, -0.05) is 38.8 Å². The minimum absolute atomic E-state index is 0.134. The van der Waals surface area contributed by atoms with Crippen LogP contribution >= 0.6 is 0 Å². The molecule has 0 aliphatic carbocycles. The van der Waals surface area contributed by atoms with Crippen LogP contribution in [0.5, 0.6) is 0 Å². The zero-order chi connectivity index (χ0) is 31.8. The van der Waals surface area contributed by atoms with Crippen LogP contribution in [0.1, 0.15) is 57.3 Å². The fourth-order valence-electron chi connectivity index (χ4n) is 7.82. The van der Waals surface area contributed by atoms with E-state index in [1.165, 1.54) is 24.7 Å². The Morgan fingerprint density at radius 3 is 2.53 bits per heavy atom. The molecular formula is C37H52FN7. The average Bonchev–Trinajstić information content (AvgIpc) is 3.42. The second-order valence-electron chi connectivity index (χ2n) is 13.4. The van der Waals surface area contributed by atoms with E-state index in [-0.39, 0.29) is 11.2 Å². The van der Waals surface area contributed by atoms with Crippen molar-refractivity contribution in [3.8, 4) is 0 Å². The third-order valence-electron chi connectivity index (χ3n) is 10.1. The molecule has 0 amide bonds. The number of aryl methyl sites for hydroxylation is 1. The molecule has 8 heteroatoms. The van der Waals surface area contributed by atoms with Crippen molar-refractivity contribution >= 4 is 17.6 Å². The lowest BCUT2D eigenvalue weighted by atomic mass is 9.62. The molecule has 3 N–H and O–H groups in total. The Morgan fingerprint density at radius 1 is 1.16 bits per heavy atom. The molecule has 2 saturated heterocycles. The van der Waals surface area contributed by atoms with Crippen molar-refractivity contribution in [2.75, 3.05) is 50.0 Å². The molecule has 2 unspecified atom stereocenters. The van der Waals surface area contributed by atoms with E-state index in [1.807, 2.05) is 25.4 Å². The summed E-state index contributed by atoms with van der Waals surface area (Å²) in [5.41, 5.74) is 3.97. The number of piperidine rings is 1. The number of anilines is 2. The van der Waals surface area contributed by atoms with Crippen molar-refractivity contribution in [2.45, 2.75) is 64.8 Å². The van der Waals surface area contributed by atoms with Gasteiger partial charge in [-0.2, -0.15) is 0 Å². The molecule has 2 aromatic carbocycles.